The molecular weight excluding hydrogens is 250 g/mol. The molecule has 0 saturated heterocycles. The Labute approximate surface area is 109 Å². The molecule has 0 unspecified atom stereocenters. The van der Waals surface area contributed by atoms with Crippen LogP contribution in [-0.4, -0.2) is 11.1 Å². The van der Waals surface area contributed by atoms with Crippen LogP contribution in [0.2, 0.25) is 0 Å². The number of carboxylic acids is 1. The molecule has 0 aliphatic rings. The number of thiophene rings is 1. The largest absolute Gasteiger partial charge is 0.477 e. The van der Waals surface area contributed by atoms with E-state index in [1.807, 2.05) is 26.0 Å². The van der Waals surface area contributed by atoms with E-state index in [9.17, 15) is 4.79 Å². The Morgan fingerprint density at radius 1 is 1.39 bits per heavy atom. The lowest BCUT2D eigenvalue weighted by Gasteiger charge is -2.01. The van der Waals surface area contributed by atoms with Crippen molar-refractivity contribution in [1.29, 1.82) is 0 Å². The molecule has 0 atom stereocenters. The number of carbonyl (C=O) groups is 1. The summed E-state index contributed by atoms with van der Waals surface area (Å²) in [5.74, 6) is 0.918. The molecule has 0 bridgehead atoms. The molecule has 0 fully saturated rings. The summed E-state index contributed by atoms with van der Waals surface area (Å²) in [5.41, 5.74) is 1.03. The first-order valence-corrected chi connectivity index (χ1v) is 6.46. The van der Waals surface area contributed by atoms with Crippen LogP contribution >= 0.6 is 11.3 Å². The Morgan fingerprint density at radius 2 is 2.17 bits per heavy atom. The summed E-state index contributed by atoms with van der Waals surface area (Å²) in [5, 5.41) is 12.1. The molecule has 0 aliphatic heterocycles. The first kappa shape index (κ1) is 12.9. The predicted octanol–water partition coefficient (Wildman–Crippen LogP) is 2.95. The van der Waals surface area contributed by atoms with Crippen molar-refractivity contribution >= 4 is 17.3 Å². The van der Waals surface area contributed by atoms with Gasteiger partial charge in [-0.1, -0.05) is 0 Å². The maximum absolute atomic E-state index is 10.8. The molecule has 2 heterocycles. The lowest BCUT2D eigenvalue weighted by Crippen LogP contribution is -2.12. The SMILES string of the molecule is Cc1ccc(CNCc2cc(C(=O)O)sc2C)o1. The summed E-state index contributed by atoms with van der Waals surface area (Å²) in [7, 11) is 0. The van der Waals surface area contributed by atoms with E-state index in [1.165, 1.54) is 11.3 Å². The lowest BCUT2D eigenvalue weighted by molar-refractivity contribution is 0.0702. The quantitative estimate of drug-likeness (QED) is 0.872. The van der Waals surface area contributed by atoms with E-state index in [0.717, 1.165) is 22.0 Å². The Kier molecular flexibility index (Phi) is 3.84. The van der Waals surface area contributed by atoms with Crippen LogP contribution in [0.15, 0.2) is 22.6 Å². The topological polar surface area (TPSA) is 62.5 Å². The minimum Gasteiger partial charge on any atom is -0.477 e. The highest BCUT2D eigenvalue weighted by molar-refractivity contribution is 7.14. The van der Waals surface area contributed by atoms with E-state index in [0.29, 0.717) is 18.0 Å². The van der Waals surface area contributed by atoms with Gasteiger partial charge in [0, 0.05) is 11.4 Å². The van der Waals surface area contributed by atoms with Gasteiger partial charge < -0.3 is 14.8 Å². The van der Waals surface area contributed by atoms with E-state index in [-0.39, 0.29) is 0 Å². The second-order valence-electron chi connectivity index (χ2n) is 4.11. The highest BCUT2D eigenvalue weighted by Crippen LogP contribution is 2.21. The van der Waals surface area contributed by atoms with Crippen LogP contribution < -0.4 is 5.32 Å². The first-order chi connectivity index (χ1) is 8.56. The molecule has 5 heteroatoms. The first-order valence-electron chi connectivity index (χ1n) is 5.65. The zero-order valence-corrected chi connectivity index (χ0v) is 11.1. The summed E-state index contributed by atoms with van der Waals surface area (Å²) in [6.07, 6.45) is 0. The Hall–Kier alpha value is -1.59. The van der Waals surface area contributed by atoms with Crippen molar-refractivity contribution in [2.24, 2.45) is 0 Å². The fraction of sp³-hybridized carbons (Fsp3) is 0.308. The number of nitrogens with one attached hydrogen (secondary N) is 1. The highest BCUT2D eigenvalue weighted by atomic mass is 32.1. The van der Waals surface area contributed by atoms with E-state index in [4.69, 9.17) is 9.52 Å². The minimum atomic E-state index is -0.865. The number of hydrogen-bond donors (Lipinski definition) is 2. The molecule has 0 saturated carbocycles. The Morgan fingerprint density at radius 3 is 2.72 bits per heavy atom. The van der Waals surface area contributed by atoms with Gasteiger partial charge in [0.1, 0.15) is 16.4 Å². The number of rotatable bonds is 5. The van der Waals surface area contributed by atoms with Crippen LogP contribution in [0.1, 0.15) is 31.6 Å². The number of aromatic carboxylic acids is 1. The molecule has 0 aliphatic carbocycles. The van der Waals surface area contributed by atoms with Crippen LogP contribution in [0.4, 0.5) is 0 Å². The standard InChI is InChI=1S/C13H15NO3S/c1-8-3-4-11(17-8)7-14-6-10-5-12(13(15)16)18-9(10)2/h3-5,14H,6-7H2,1-2H3,(H,15,16). The number of hydrogen-bond acceptors (Lipinski definition) is 4. The fourth-order valence-electron chi connectivity index (χ4n) is 1.70. The summed E-state index contributed by atoms with van der Waals surface area (Å²) in [6, 6.07) is 5.59. The van der Waals surface area contributed by atoms with Gasteiger partial charge in [0.2, 0.25) is 0 Å². The molecule has 2 N–H and O–H groups in total. The van der Waals surface area contributed by atoms with Crippen molar-refractivity contribution in [3.8, 4) is 0 Å². The van der Waals surface area contributed by atoms with Crippen LogP contribution in [0.3, 0.4) is 0 Å². The third kappa shape index (κ3) is 3.00. The van der Waals surface area contributed by atoms with Crippen molar-refractivity contribution in [1.82, 2.24) is 5.32 Å². The second-order valence-corrected chi connectivity index (χ2v) is 5.37. The molecule has 2 rings (SSSR count). The monoisotopic (exact) mass is 265 g/mol. The minimum absolute atomic E-state index is 0.387. The molecule has 2 aromatic heterocycles. The van der Waals surface area contributed by atoms with Crippen LogP contribution in [-0.2, 0) is 13.1 Å². The maximum atomic E-state index is 10.8. The van der Waals surface area contributed by atoms with Crippen molar-refractivity contribution < 1.29 is 14.3 Å². The Balaban J connectivity index is 1.92. The van der Waals surface area contributed by atoms with Crippen molar-refractivity contribution in [3.05, 3.63) is 45.0 Å². The van der Waals surface area contributed by atoms with E-state index < -0.39 is 5.97 Å². The fourth-order valence-corrected chi connectivity index (χ4v) is 2.58. The third-order valence-electron chi connectivity index (χ3n) is 2.64. The molecule has 0 amide bonds. The van der Waals surface area contributed by atoms with E-state index in [1.54, 1.807) is 6.07 Å². The van der Waals surface area contributed by atoms with Gasteiger partial charge in [-0.3, -0.25) is 0 Å². The molecule has 0 aromatic carbocycles. The van der Waals surface area contributed by atoms with E-state index >= 15 is 0 Å². The van der Waals surface area contributed by atoms with Crippen molar-refractivity contribution in [2.45, 2.75) is 26.9 Å². The summed E-state index contributed by atoms with van der Waals surface area (Å²) in [4.78, 5) is 12.3. The van der Waals surface area contributed by atoms with Crippen LogP contribution in [0.25, 0.3) is 0 Å². The molecule has 2 aromatic rings. The zero-order valence-electron chi connectivity index (χ0n) is 10.3. The van der Waals surface area contributed by atoms with Gasteiger partial charge in [-0.25, -0.2) is 4.79 Å². The number of furan rings is 1. The van der Waals surface area contributed by atoms with Crippen molar-refractivity contribution in [3.63, 3.8) is 0 Å². The van der Waals surface area contributed by atoms with Gasteiger partial charge in [-0.05, 0) is 37.6 Å². The molecule has 0 spiro atoms. The normalized spacial score (nSPS) is 10.8. The molecule has 96 valence electrons. The van der Waals surface area contributed by atoms with Gasteiger partial charge in [0.25, 0.3) is 0 Å². The average molecular weight is 265 g/mol. The summed E-state index contributed by atoms with van der Waals surface area (Å²) in [6.45, 7) is 5.14. The van der Waals surface area contributed by atoms with Gasteiger partial charge in [0.05, 0.1) is 6.54 Å². The van der Waals surface area contributed by atoms with Gasteiger partial charge in [-0.15, -0.1) is 11.3 Å². The van der Waals surface area contributed by atoms with Gasteiger partial charge in [0.15, 0.2) is 0 Å². The van der Waals surface area contributed by atoms with Gasteiger partial charge >= 0.3 is 5.97 Å². The molecule has 4 nitrogen and oxygen atoms in total. The number of carboxylic acid groups (broad SMARTS) is 1. The van der Waals surface area contributed by atoms with Crippen LogP contribution in [0, 0.1) is 13.8 Å². The number of aryl methyl sites for hydroxylation is 2. The zero-order chi connectivity index (χ0) is 13.1. The van der Waals surface area contributed by atoms with Gasteiger partial charge in [-0.2, -0.15) is 0 Å². The highest BCUT2D eigenvalue weighted by Gasteiger charge is 2.10. The maximum Gasteiger partial charge on any atom is 0.345 e. The van der Waals surface area contributed by atoms with E-state index in [2.05, 4.69) is 5.32 Å². The molecule has 18 heavy (non-hydrogen) atoms. The van der Waals surface area contributed by atoms with Crippen molar-refractivity contribution in [2.75, 3.05) is 0 Å². The summed E-state index contributed by atoms with van der Waals surface area (Å²) < 4.78 is 5.44. The Bertz CT molecular complexity index is 556. The van der Waals surface area contributed by atoms with Crippen LogP contribution in [0.5, 0.6) is 0 Å². The average Bonchev–Trinajstić information content (AvgIpc) is 2.87. The summed E-state index contributed by atoms with van der Waals surface area (Å²) >= 11 is 1.31. The second kappa shape index (κ2) is 5.37. The predicted molar refractivity (Wildman–Crippen MR) is 70.0 cm³/mol. The molecular formula is C13H15NO3S. The third-order valence-corrected chi connectivity index (χ3v) is 3.72. The smallest absolute Gasteiger partial charge is 0.345 e. The molecule has 0 radical (unpaired) electrons. The lowest BCUT2D eigenvalue weighted by atomic mass is 10.2.